The minimum atomic E-state index is 0.308. The Labute approximate surface area is 126 Å². The van der Waals surface area contributed by atoms with Crippen molar-refractivity contribution in [3.63, 3.8) is 0 Å². The van der Waals surface area contributed by atoms with E-state index >= 15 is 0 Å². The van der Waals surface area contributed by atoms with E-state index in [-0.39, 0.29) is 0 Å². The summed E-state index contributed by atoms with van der Waals surface area (Å²) in [6, 6.07) is 0.308. The molecule has 1 aliphatic heterocycles. The molecule has 3 rings (SSSR count). The van der Waals surface area contributed by atoms with E-state index in [9.17, 15) is 0 Å². The Morgan fingerprint density at radius 3 is 2.80 bits per heavy atom. The van der Waals surface area contributed by atoms with E-state index in [4.69, 9.17) is 9.15 Å². The zero-order valence-corrected chi connectivity index (χ0v) is 13.3. The Morgan fingerprint density at radius 2 is 2.10 bits per heavy atom. The summed E-state index contributed by atoms with van der Waals surface area (Å²) in [7, 11) is 0. The fourth-order valence-corrected chi connectivity index (χ4v) is 2.86. The van der Waals surface area contributed by atoms with Crippen molar-refractivity contribution in [3.05, 3.63) is 22.8 Å². The Balaban J connectivity index is 1.89. The predicted octanol–water partition coefficient (Wildman–Crippen LogP) is 3.78. The smallest absolute Gasteiger partial charge is 0.263 e. The summed E-state index contributed by atoms with van der Waals surface area (Å²) in [5.41, 5.74) is 0. The molecule has 0 amide bonds. The second-order valence-corrected chi connectivity index (χ2v) is 6.16. The maximum atomic E-state index is 5.94. The van der Waals surface area contributed by atoms with E-state index in [1.807, 2.05) is 12.4 Å². The lowest BCUT2D eigenvalue weighted by Crippen LogP contribution is -2.13. The van der Waals surface area contributed by atoms with Crippen LogP contribution in [0, 0.1) is 0 Å². The van der Waals surface area contributed by atoms with Gasteiger partial charge in [-0.05, 0) is 42.6 Å². The summed E-state index contributed by atoms with van der Waals surface area (Å²) in [5, 5.41) is 0. The van der Waals surface area contributed by atoms with Gasteiger partial charge in [-0.25, -0.2) is 9.97 Å². The highest BCUT2D eigenvalue weighted by Gasteiger charge is 2.22. The van der Waals surface area contributed by atoms with E-state index in [2.05, 4.69) is 44.3 Å². The Morgan fingerprint density at radius 1 is 1.35 bits per heavy atom. The van der Waals surface area contributed by atoms with E-state index < -0.39 is 0 Å². The van der Waals surface area contributed by atoms with Gasteiger partial charge < -0.3 is 13.7 Å². The van der Waals surface area contributed by atoms with Gasteiger partial charge in [0.2, 0.25) is 0 Å². The highest BCUT2D eigenvalue weighted by atomic mass is 79.9. The van der Waals surface area contributed by atoms with Crippen LogP contribution in [0.2, 0.25) is 0 Å². The summed E-state index contributed by atoms with van der Waals surface area (Å²) in [6.07, 6.45) is 5.78. The number of hydrogen-bond donors (Lipinski definition) is 0. The minimum absolute atomic E-state index is 0.308. The normalized spacial score (nSPS) is 17.0. The van der Waals surface area contributed by atoms with Crippen molar-refractivity contribution < 1.29 is 9.15 Å². The van der Waals surface area contributed by atoms with Gasteiger partial charge in [0.15, 0.2) is 5.82 Å². The first-order valence-electron chi connectivity index (χ1n) is 6.93. The Bertz CT molecular complexity index is 585. The fraction of sp³-hybridized carbons (Fsp3) is 0.571. The number of ether oxygens (including phenoxy) is 1. The average molecular weight is 340 g/mol. The van der Waals surface area contributed by atoms with Crippen LogP contribution in [0.1, 0.15) is 44.4 Å². The van der Waals surface area contributed by atoms with Crippen molar-refractivity contribution in [2.75, 3.05) is 13.2 Å². The van der Waals surface area contributed by atoms with Gasteiger partial charge in [0.1, 0.15) is 10.4 Å². The topological polar surface area (TPSA) is 53.1 Å². The van der Waals surface area contributed by atoms with E-state index in [1.54, 1.807) is 0 Å². The van der Waals surface area contributed by atoms with E-state index in [0.29, 0.717) is 17.9 Å². The van der Waals surface area contributed by atoms with Crippen LogP contribution >= 0.6 is 15.9 Å². The second kappa shape index (κ2) is 5.69. The molecule has 0 bridgehead atoms. The number of oxazole rings is 1. The molecule has 0 N–H and O–H groups in total. The standard InChI is InChI=1S/C14H18BrN3O2/c1-9(2)18-8-12(15)17-13(18)14-16-7-11(20-14)10-3-5-19-6-4-10/h7-10H,3-6H2,1-2H3. The van der Waals surface area contributed by atoms with Crippen LogP contribution in [0.15, 0.2) is 21.4 Å². The highest BCUT2D eigenvalue weighted by molar-refractivity contribution is 9.10. The SMILES string of the molecule is CC(C)n1cc(Br)nc1-c1ncc(C2CCOCC2)o1. The van der Waals surface area contributed by atoms with Crippen molar-refractivity contribution in [2.24, 2.45) is 0 Å². The maximum Gasteiger partial charge on any atom is 0.263 e. The van der Waals surface area contributed by atoms with Crippen molar-refractivity contribution in [1.29, 1.82) is 0 Å². The van der Waals surface area contributed by atoms with Crippen LogP contribution in [-0.4, -0.2) is 27.7 Å². The van der Waals surface area contributed by atoms with E-state index in [1.165, 1.54) is 0 Å². The minimum Gasteiger partial charge on any atom is -0.439 e. The number of halogens is 1. The number of rotatable bonds is 3. The molecule has 6 heteroatoms. The fourth-order valence-electron chi connectivity index (χ4n) is 2.48. The lowest BCUT2D eigenvalue weighted by atomic mass is 9.98. The largest absolute Gasteiger partial charge is 0.439 e. The lowest BCUT2D eigenvalue weighted by Gasteiger charge is -2.19. The second-order valence-electron chi connectivity index (χ2n) is 5.34. The molecule has 2 aromatic heterocycles. The van der Waals surface area contributed by atoms with Gasteiger partial charge in [-0.3, -0.25) is 0 Å². The van der Waals surface area contributed by atoms with Crippen LogP contribution < -0.4 is 0 Å². The lowest BCUT2D eigenvalue weighted by molar-refractivity contribution is 0.0808. The number of imidazole rings is 1. The van der Waals surface area contributed by atoms with Crippen molar-refractivity contribution >= 4 is 15.9 Å². The maximum absolute atomic E-state index is 5.94. The Hall–Kier alpha value is -1.14. The van der Waals surface area contributed by atoms with Gasteiger partial charge in [-0.1, -0.05) is 0 Å². The van der Waals surface area contributed by atoms with Gasteiger partial charge in [0.25, 0.3) is 5.89 Å². The number of hydrogen-bond acceptors (Lipinski definition) is 4. The van der Waals surface area contributed by atoms with Crippen LogP contribution in [0.4, 0.5) is 0 Å². The van der Waals surface area contributed by atoms with Crippen LogP contribution in [0.25, 0.3) is 11.7 Å². The summed E-state index contributed by atoms with van der Waals surface area (Å²) in [4.78, 5) is 8.87. The van der Waals surface area contributed by atoms with Gasteiger partial charge in [-0.2, -0.15) is 0 Å². The van der Waals surface area contributed by atoms with Gasteiger partial charge in [0.05, 0.1) is 6.20 Å². The summed E-state index contributed by atoms with van der Waals surface area (Å²) in [6.45, 7) is 5.82. The van der Waals surface area contributed by atoms with Gasteiger partial charge >= 0.3 is 0 Å². The Kier molecular flexibility index (Phi) is 3.94. The first-order chi connectivity index (χ1) is 9.65. The first-order valence-corrected chi connectivity index (χ1v) is 7.72. The molecule has 1 saturated heterocycles. The first kappa shape index (κ1) is 13.8. The quantitative estimate of drug-likeness (QED) is 0.853. The van der Waals surface area contributed by atoms with Gasteiger partial charge in [0, 0.05) is 31.4 Å². The van der Waals surface area contributed by atoms with Crippen LogP contribution in [0.3, 0.4) is 0 Å². The third kappa shape index (κ3) is 2.67. The molecule has 20 heavy (non-hydrogen) atoms. The molecule has 1 fully saturated rings. The molecule has 0 unspecified atom stereocenters. The summed E-state index contributed by atoms with van der Waals surface area (Å²) >= 11 is 3.41. The molecular weight excluding hydrogens is 322 g/mol. The van der Waals surface area contributed by atoms with Crippen molar-refractivity contribution in [1.82, 2.24) is 14.5 Å². The average Bonchev–Trinajstić information content (AvgIpc) is 3.06. The zero-order valence-electron chi connectivity index (χ0n) is 11.7. The zero-order chi connectivity index (χ0) is 14.1. The van der Waals surface area contributed by atoms with E-state index in [0.717, 1.165) is 42.2 Å². The molecule has 108 valence electrons. The molecule has 0 aliphatic carbocycles. The molecular formula is C14H18BrN3O2. The summed E-state index contributed by atoms with van der Waals surface area (Å²) < 4.78 is 14.2. The third-order valence-electron chi connectivity index (χ3n) is 3.60. The number of aromatic nitrogens is 3. The molecule has 0 atom stereocenters. The van der Waals surface area contributed by atoms with Crippen molar-refractivity contribution in [3.8, 4) is 11.7 Å². The monoisotopic (exact) mass is 339 g/mol. The molecule has 0 radical (unpaired) electrons. The number of nitrogens with zero attached hydrogens (tertiary/aromatic N) is 3. The molecule has 0 spiro atoms. The highest BCUT2D eigenvalue weighted by Crippen LogP contribution is 2.31. The van der Waals surface area contributed by atoms with Crippen LogP contribution in [0.5, 0.6) is 0 Å². The van der Waals surface area contributed by atoms with Crippen LogP contribution in [-0.2, 0) is 4.74 Å². The van der Waals surface area contributed by atoms with Crippen molar-refractivity contribution in [2.45, 2.75) is 38.6 Å². The molecule has 2 aromatic rings. The third-order valence-corrected chi connectivity index (χ3v) is 3.98. The molecule has 0 aromatic carbocycles. The van der Waals surface area contributed by atoms with Gasteiger partial charge in [-0.15, -0.1) is 0 Å². The molecule has 3 heterocycles. The molecule has 1 aliphatic rings. The molecule has 5 nitrogen and oxygen atoms in total. The summed E-state index contributed by atoms with van der Waals surface area (Å²) in [5.74, 6) is 2.71. The molecule has 0 saturated carbocycles. The predicted molar refractivity (Wildman–Crippen MR) is 78.6 cm³/mol.